The molecule has 0 aliphatic carbocycles. The van der Waals surface area contributed by atoms with E-state index in [1.165, 1.54) is 22.8 Å². The van der Waals surface area contributed by atoms with Gasteiger partial charge in [-0.2, -0.15) is 0 Å². The van der Waals surface area contributed by atoms with E-state index in [0.29, 0.717) is 12.5 Å². The summed E-state index contributed by atoms with van der Waals surface area (Å²) in [6.07, 6.45) is 3.53. The van der Waals surface area contributed by atoms with E-state index in [1.807, 2.05) is 66.4 Å². The summed E-state index contributed by atoms with van der Waals surface area (Å²) >= 11 is 1.99. The molecular weight excluding hydrogens is 546 g/mol. The number of piperazine rings is 1. The molecule has 0 saturated carbocycles. The van der Waals surface area contributed by atoms with Gasteiger partial charge in [-0.15, -0.1) is 11.8 Å². The van der Waals surface area contributed by atoms with Gasteiger partial charge in [0.1, 0.15) is 5.75 Å². The lowest BCUT2D eigenvalue weighted by atomic mass is 10.1. The third-order valence-electron chi connectivity index (χ3n) is 7.82. The van der Waals surface area contributed by atoms with Crippen molar-refractivity contribution in [3.8, 4) is 11.6 Å². The number of carbonyl (C=O) groups is 1. The molecule has 0 spiro atoms. The SMILES string of the molecule is O=C(Cc1ccccc1)OCOc1ccc2ccc(OCCCCN3CCN(c4cccc5c4CCS5)CC3)cc2n1. The van der Waals surface area contributed by atoms with Crippen molar-refractivity contribution < 1.29 is 19.0 Å². The number of hydrogen-bond acceptors (Lipinski definition) is 8. The zero-order chi connectivity index (χ0) is 28.6. The molecule has 218 valence electrons. The van der Waals surface area contributed by atoms with Crippen LogP contribution in [0.25, 0.3) is 10.9 Å². The molecule has 3 heterocycles. The van der Waals surface area contributed by atoms with Crippen LogP contribution in [0.1, 0.15) is 24.0 Å². The van der Waals surface area contributed by atoms with Crippen molar-refractivity contribution >= 4 is 34.3 Å². The zero-order valence-electron chi connectivity index (χ0n) is 23.9. The van der Waals surface area contributed by atoms with Crippen LogP contribution in [0.15, 0.2) is 83.8 Å². The summed E-state index contributed by atoms with van der Waals surface area (Å²) in [5.74, 6) is 2.08. The van der Waals surface area contributed by atoms with E-state index in [1.54, 1.807) is 11.6 Å². The van der Waals surface area contributed by atoms with E-state index < -0.39 is 0 Å². The highest BCUT2D eigenvalue weighted by Crippen LogP contribution is 2.37. The second-order valence-corrected chi connectivity index (χ2v) is 11.8. The van der Waals surface area contributed by atoms with E-state index >= 15 is 0 Å². The largest absolute Gasteiger partial charge is 0.494 e. The number of nitrogens with zero attached hydrogens (tertiary/aromatic N) is 3. The molecule has 2 aliphatic heterocycles. The van der Waals surface area contributed by atoms with Gasteiger partial charge in [0.25, 0.3) is 0 Å². The molecule has 1 aromatic heterocycles. The van der Waals surface area contributed by atoms with E-state index in [4.69, 9.17) is 14.2 Å². The molecule has 0 bridgehead atoms. The lowest BCUT2D eigenvalue weighted by molar-refractivity contribution is -0.149. The van der Waals surface area contributed by atoms with Crippen molar-refractivity contribution in [1.29, 1.82) is 0 Å². The maximum atomic E-state index is 12.1. The van der Waals surface area contributed by atoms with Crippen LogP contribution in [-0.2, 0) is 22.4 Å². The number of aromatic nitrogens is 1. The van der Waals surface area contributed by atoms with Crippen LogP contribution in [0.3, 0.4) is 0 Å². The topological polar surface area (TPSA) is 64.1 Å². The molecule has 42 heavy (non-hydrogen) atoms. The monoisotopic (exact) mass is 583 g/mol. The number of pyridine rings is 1. The third-order valence-corrected chi connectivity index (χ3v) is 8.93. The smallest absolute Gasteiger partial charge is 0.313 e. The standard InChI is InChI=1S/C34H37N3O4S/c38-34(23-26-7-2-1-3-8-26)41-25-40-33-14-12-27-11-13-28(24-30(27)35-33)39-21-5-4-16-36-17-19-37(20-18-36)31-9-6-10-32-29(31)15-22-42-32/h1-3,6-14,24H,4-5,15-23,25H2. The quantitative estimate of drug-likeness (QED) is 0.115. The predicted octanol–water partition coefficient (Wildman–Crippen LogP) is 5.99. The van der Waals surface area contributed by atoms with Crippen molar-refractivity contribution in [1.82, 2.24) is 9.88 Å². The van der Waals surface area contributed by atoms with Crippen molar-refractivity contribution in [3.63, 3.8) is 0 Å². The Balaban J connectivity index is 0.900. The van der Waals surface area contributed by atoms with Crippen LogP contribution in [0.4, 0.5) is 5.69 Å². The lowest BCUT2D eigenvalue weighted by Crippen LogP contribution is -2.47. The number of benzene rings is 3. The molecule has 6 rings (SSSR count). The molecule has 0 unspecified atom stereocenters. The highest BCUT2D eigenvalue weighted by molar-refractivity contribution is 7.99. The summed E-state index contributed by atoms with van der Waals surface area (Å²) in [6.45, 7) is 6.04. The van der Waals surface area contributed by atoms with E-state index in [9.17, 15) is 4.79 Å². The number of unbranched alkanes of at least 4 members (excludes halogenated alkanes) is 1. The second kappa shape index (κ2) is 13.9. The fourth-order valence-corrected chi connectivity index (χ4v) is 6.64. The highest BCUT2D eigenvalue weighted by atomic mass is 32.2. The maximum Gasteiger partial charge on any atom is 0.313 e. The van der Waals surface area contributed by atoms with Crippen molar-refractivity contribution in [2.75, 3.05) is 56.8 Å². The van der Waals surface area contributed by atoms with E-state index in [-0.39, 0.29) is 19.2 Å². The van der Waals surface area contributed by atoms with Gasteiger partial charge >= 0.3 is 5.97 Å². The fraction of sp³-hybridized carbons (Fsp3) is 0.353. The number of ether oxygens (including phenoxy) is 3. The average Bonchev–Trinajstić information content (AvgIpc) is 3.51. The number of thioether (sulfide) groups is 1. The van der Waals surface area contributed by atoms with Crippen molar-refractivity contribution in [3.05, 3.63) is 90.0 Å². The van der Waals surface area contributed by atoms with Gasteiger partial charge in [-0.3, -0.25) is 9.69 Å². The van der Waals surface area contributed by atoms with Gasteiger partial charge < -0.3 is 19.1 Å². The van der Waals surface area contributed by atoms with Gasteiger partial charge in [0, 0.05) is 60.0 Å². The Morgan fingerprint density at radius 2 is 1.74 bits per heavy atom. The predicted molar refractivity (Wildman–Crippen MR) is 168 cm³/mol. The minimum absolute atomic E-state index is 0.178. The van der Waals surface area contributed by atoms with Gasteiger partial charge in [-0.25, -0.2) is 4.98 Å². The summed E-state index contributed by atoms with van der Waals surface area (Å²) in [5, 5.41) is 0.995. The van der Waals surface area contributed by atoms with Gasteiger partial charge in [-0.1, -0.05) is 36.4 Å². The van der Waals surface area contributed by atoms with Crippen LogP contribution in [0.5, 0.6) is 11.6 Å². The van der Waals surface area contributed by atoms with E-state index in [2.05, 4.69) is 33.0 Å². The first-order valence-corrected chi connectivity index (χ1v) is 15.8. The van der Waals surface area contributed by atoms with Gasteiger partial charge in [0.05, 0.1) is 18.5 Å². The Kier molecular flexibility index (Phi) is 9.42. The third kappa shape index (κ3) is 7.36. The van der Waals surface area contributed by atoms with Gasteiger partial charge in [0.2, 0.25) is 12.7 Å². The molecule has 4 aromatic rings. The first-order chi connectivity index (χ1) is 20.7. The molecule has 7 nitrogen and oxygen atoms in total. The Labute approximate surface area is 251 Å². The molecule has 2 aliphatic rings. The molecule has 1 saturated heterocycles. The number of fused-ring (bicyclic) bond motifs is 2. The summed E-state index contributed by atoms with van der Waals surface area (Å²) in [6, 6.07) is 25.9. The fourth-order valence-electron chi connectivity index (χ4n) is 5.56. The molecular formula is C34H37N3O4S. The number of anilines is 1. The van der Waals surface area contributed by atoms with Crippen LogP contribution in [-0.4, -0.2) is 67.7 Å². The average molecular weight is 584 g/mol. The minimum Gasteiger partial charge on any atom is -0.494 e. The second-order valence-electron chi connectivity index (χ2n) is 10.7. The van der Waals surface area contributed by atoms with Gasteiger partial charge in [-0.05, 0) is 67.3 Å². The maximum absolute atomic E-state index is 12.1. The van der Waals surface area contributed by atoms with Crippen LogP contribution >= 0.6 is 11.8 Å². The number of carbonyl (C=O) groups excluding carboxylic acids is 1. The molecule has 3 aromatic carbocycles. The lowest BCUT2D eigenvalue weighted by Gasteiger charge is -2.37. The summed E-state index contributed by atoms with van der Waals surface area (Å²) in [4.78, 5) is 23.2. The summed E-state index contributed by atoms with van der Waals surface area (Å²) < 4.78 is 16.8. The first-order valence-electron chi connectivity index (χ1n) is 14.8. The Bertz CT molecular complexity index is 1490. The molecule has 0 amide bonds. The molecule has 0 atom stereocenters. The first kappa shape index (κ1) is 28.4. The van der Waals surface area contributed by atoms with Crippen LogP contribution < -0.4 is 14.4 Å². The normalized spacial score (nSPS) is 15.0. The molecule has 0 radical (unpaired) electrons. The number of esters is 1. The Morgan fingerprint density at radius 1 is 0.881 bits per heavy atom. The van der Waals surface area contributed by atoms with Gasteiger partial charge in [0.15, 0.2) is 0 Å². The summed E-state index contributed by atoms with van der Waals surface area (Å²) in [5.41, 5.74) is 4.69. The Hall–Kier alpha value is -3.75. The number of hydrogen-bond donors (Lipinski definition) is 0. The van der Waals surface area contributed by atoms with Crippen molar-refractivity contribution in [2.24, 2.45) is 0 Å². The summed E-state index contributed by atoms with van der Waals surface area (Å²) in [7, 11) is 0. The Morgan fingerprint density at radius 3 is 2.62 bits per heavy atom. The van der Waals surface area contributed by atoms with Crippen LogP contribution in [0, 0.1) is 0 Å². The molecule has 8 heteroatoms. The number of rotatable bonds is 12. The zero-order valence-corrected chi connectivity index (χ0v) is 24.7. The van der Waals surface area contributed by atoms with E-state index in [0.717, 1.165) is 67.8 Å². The molecule has 1 fully saturated rings. The highest BCUT2D eigenvalue weighted by Gasteiger charge is 2.22. The minimum atomic E-state index is -0.339. The molecule has 0 N–H and O–H groups in total. The van der Waals surface area contributed by atoms with Crippen molar-refractivity contribution in [2.45, 2.75) is 30.6 Å². The van der Waals surface area contributed by atoms with Crippen LogP contribution in [0.2, 0.25) is 0 Å².